The summed E-state index contributed by atoms with van der Waals surface area (Å²) in [6, 6.07) is 13.6. The average molecular weight is 458 g/mol. The second-order valence-electron chi connectivity index (χ2n) is 8.86. The lowest BCUT2D eigenvalue weighted by Gasteiger charge is -2.30. The first-order valence-corrected chi connectivity index (χ1v) is 11.6. The molecule has 1 saturated heterocycles. The number of aromatic nitrogens is 2. The molecule has 0 spiro atoms. The fraction of sp³-hybridized carbons (Fsp3) is 0.308. The number of Topliss-reactive ketones (excluding diaryl/α,β-unsaturated/α-hetero) is 1. The summed E-state index contributed by atoms with van der Waals surface area (Å²) in [4.78, 5) is 49.1. The number of pyridine rings is 1. The summed E-state index contributed by atoms with van der Waals surface area (Å²) in [5, 5.41) is 2.72. The predicted molar refractivity (Wildman–Crippen MR) is 129 cm³/mol. The Kier molecular flexibility index (Phi) is 5.88. The number of likely N-dealkylation sites (tertiary alicyclic amines) is 1. The van der Waals surface area contributed by atoms with Crippen LogP contribution in [0.2, 0.25) is 0 Å². The molecule has 2 aliphatic rings. The molecular weight excluding hydrogens is 430 g/mol. The Bertz CT molecular complexity index is 1240. The van der Waals surface area contributed by atoms with E-state index in [1.807, 2.05) is 41.3 Å². The number of carbonyl (C=O) groups is 3. The van der Waals surface area contributed by atoms with Crippen molar-refractivity contribution in [1.29, 1.82) is 0 Å². The third-order valence-electron chi connectivity index (χ3n) is 6.37. The van der Waals surface area contributed by atoms with Gasteiger partial charge in [0.25, 0.3) is 0 Å². The Hall–Kier alpha value is -3.94. The second-order valence-corrected chi connectivity index (χ2v) is 8.86. The number of carbonyl (C=O) groups excluding carboxylic acids is 3. The van der Waals surface area contributed by atoms with Gasteiger partial charge in [0.05, 0.1) is 18.8 Å². The van der Waals surface area contributed by atoms with E-state index in [0.717, 1.165) is 54.0 Å². The van der Waals surface area contributed by atoms with E-state index in [4.69, 9.17) is 0 Å². The molecular formula is C26H27N5O3. The lowest BCUT2D eigenvalue weighted by Crippen LogP contribution is -2.46. The van der Waals surface area contributed by atoms with Gasteiger partial charge in [-0.1, -0.05) is 30.3 Å². The van der Waals surface area contributed by atoms with Crippen molar-refractivity contribution < 1.29 is 14.4 Å². The summed E-state index contributed by atoms with van der Waals surface area (Å²) in [5.41, 5.74) is 5.05. The predicted octanol–water partition coefficient (Wildman–Crippen LogP) is 3.84. The molecule has 0 bridgehead atoms. The normalized spacial score (nSPS) is 15.4. The van der Waals surface area contributed by atoms with Gasteiger partial charge in [0.2, 0.25) is 5.91 Å². The number of amides is 3. The number of hydrogen-bond donors (Lipinski definition) is 2. The molecule has 0 saturated carbocycles. The first kappa shape index (κ1) is 21.9. The first-order chi connectivity index (χ1) is 16.5. The Morgan fingerprint density at radius 1 is 1.06 bits per heavy atom. The van der Waals surface area contributed by atoms with Gasteiger partial charge in [-0.2, -0.15) is 0 Å². The third-order valence-corrected chi connectivity index (χ3v) is 6.37. The average Bonchev–Trinajstić information content (AvgIpc) is 3.48. The SMILES string of the molecule is CC(=O)Nc1cc(-c2[nH]c3c(c2Cc2ccccc2)C(=O)CN(C(=O)N2CCCC2)C3)ccn1. The molecule has 0 atom stereocenters. The number of urea groups is 1. The summed E-state index contributed by atoms with van der Waals surface area (Å²) in [6.45, 7) is 3.37. The van der Waals surface area contributed by atoms with Crippen LogP contribution in [0.15, 0.2) is 48.7 Å². The van der Waals surface area contributed by atoms with Gasteiger partial charge in [-0.05, 0) is 36.1 Å². The number of hydrogen-bond acceptors (Lipinski definition) is 4. The maximum atomic E-state index is 13.4. The maximum absolute atomic E-state index is 13.4. The molecule has 8 heteroatoms. The lowest BCUT2D eigenvalue weighted by atomic mass is 9.93. The van der Waals surface area contributed by atoms with Crippen LogP contribution in [0.5, 0.6) is 0 Å². The number of benzene rings is 1. The van der Waals surface area contributed by atoms with Crippen molar-refractivity contribution in [3.63, 3.8) is 0 Å². The van der Waals surface area contributed by atoms with Crippen molar-refractivity contribution in [2.45, 2.75) is 32.7 Å². The highest BCUT2D eigenvalue weighted by atomic mass is 16.2. The van der Waals surface area contributed by atoms with Gasteiger partial charge in [0.15, 0.2) is 5.78 Å². The topological polar surface area (TPSA) is 98.4 Å². The van der Waals surface area contributed by atoms with Crippen LogP contribution < -0.4 is 5.32 Å². The number of fused-ring (bicyclic) bond motifs is 1. The van der Waals surface area contributed by atoms with Gasteiger partial charge in [-0.3, -0.25) is 9.59 Å². The molecule has 2 N–H and O–H groups in total. The molecule has 2 aromatic heterocycles. The van der Waals surface area contributed by atoms with Gasteiger partial charge in [-0.15, -0.1) is 0 Å². The summed E-state index contributed by atoms with van der Waals surface area (Å²) in [7, 11) is 0. The fourth-order valence-electron chi connectivity index (χ4n) is 4.85. The molecule has 8 nitrogen and oxygen atoms in total. The smallest absolute Gasteiger partial charge is 0.320 e. The van der Waals surface area contributed by atoms with Crippen LogP contribution in [0, 0.1) is 0 Å². The highest BCUT2D eigenvalue weighted by Crippen LogP contribution is 2.34. The van der Waals surface area contributed by atoms with Crippen molar-refractivity contribution in [1.82, 2.24) is 19.8 Å². The molecule has 1 fully saturated rings. The van der Waals surface area contributed by atoms with Gasteiger partial charge in [-0.25, -0.2) is 9.78 Å². The molecule has 4 heterocycles. The molecule has 0 unspecified atom stereocenters. The number of aromatic amines is 1. The number of nitrogens with one attached hydrogen (secondary N) is 2. The van der Waals surface area contributed by atoms with Crippen LogP contribution in [-0.2, 0) is 17.8 Å². The zero-order valence-corrected chi connectivity index (χ0v) is 19.1. The Morgan fingerprint density at radius 2 is 1.82 bits per heavy atom. The number of nitrogens with zero attached hydrogens (tertiary/aromatic N) is 3. The summed E-state index contributed by atoms with van der Waals surface area (Å²) >= 11 is 0. The van der Waals surface area contributed by atoms with Crippen LogP contribution in [0.3, 0.4) is 0 Å². The molecule has 1 aromatic carbocycles. The zero-order valence-electron chi connectivity index (χ0n) is 19.1. The minimum atomic E-state index is -0.203. The van der Waals surface area contributed by atoms with Crippen molar-refractivity contribution in [3.8, 4) is 11.3 Å². The molecule has 34 heavy (non-hydrogen) atoms. The maximum Gasteiger partial charge on any atom is 0.320 e. The fourth-order valence-corrected chi connectivity index (χ4v) is 4.85. The Balaban J connectivity index is 1.55. The molecule has 3 amide bonds. The molecule has 0 radical (unpaired) electrons. The quantitative estimate of drug-likeness (QED) is 0.622. The Morgan fingerprint density at radius 3 is 2.56 bits per heavy atom. The molecule has 2 aliphatic heterocycles. The second kappa shape index (κ2) is 9.13. The van der Waals surface area contributed by atoms with Gasteiger partial charge >= 0.3 is 6.03 Å². The standard InChI is InChI=1S/C26H27N5O3/c1-17(32)28-23-14-19(9-10-27-23)25-20(13-18-7-3-2-4-8-18)24-21(29-25)15-31(16-22(24)33)26(34)30-11-5-6-12-30/h2-4,7-10,14,29H,5-6,11-13,15-16H2,1H3,(H,27,28,32). The van der Waals surface area contributed by atoms with Crippen LogP contribution in [0.25, 0.3) is 11.3 Å². The number of rotatable bonds is 4. The number of H-pyrrole nitrogens is 1. The van der Waals surface area contributed by atoms with E-state index >= 15 is 0 Å². The van der Waals surface area contributed by atoms with E-state index in [1.165, 1.54) is 6.92 Å². The van der Waals surface area contributed by atoms with Crippen molar-refractivity contribution >= 4 is 23.5 Å². The number of ketones is 1. The first-order valence-electron chi connectivity index (χ1n) is 11.6. The van der Waals surface area contributed by atoms with Crippen molar-refractivity contribution in [2.75, 3.05) is 25.0 Å². The van der Waals surface area contributed by atoms with Gasteiger partial charge in [0.1, 0.15) is 5.82 Å². The summed E-state index contributed by atoms with van der Waals surface area (Å²) in [6.07, 6.45) is 4.22. The molecule has 174 valence electrons. The molecule has 3 aromatic rings. The van der Waals surface area contributed by atoms with Crippen LogP contribution >= 0.6 is 0 Å². The molecule has 5 rings (SSSR count). The van der Waals surface area contributed by atoms with E-state index in [2.05, 4.69) is 15.3 Å². The van der Waals surface area contributed by atoms with Crippen LogP contribution in [0.1, 0.15) is 46.9 Å². The monoisotopic (exact) mass is 457 g/mol. The van der Waals surface area contributed by atoms with E-state index < -0.39 is 0 Å². The van der Waals surface area contributed by atoms with E-state index in [1.54, 1.807) is 17.2 Å². The van der Waals surface area contributed by atoms with Crippen molar-refractivity contribution in [2.24, 2.45) is 0 Å². The minimum Gasteiger partial charge on any atom is -0.356 e. The Labute approximate surface area is 198 Å². The van der Waals surface area contributed by atoms with Crippen molar-refractivity contribution in [3.05, 3.63) is 71.0 Å². The number of anilines is 1. The summed E-state index contributed by atoms with van der Waals surface area (Å²) < 4.78 is 0. The molecule has 0 aliphatic carbocycles. The largest absolute Gasteiger partial charge is 0.356 e. The van der Waals surface area contributed by atoms with E-state index in [-0.39, 0.29) is 24.3 Å². The van der Waals surface area contributed by atoms with E-state index in [0.29, 0.717) is 24.3 Å². The van der Waals surface area contributed by atoms with Gasteiger partial charge < -0.3 is 20.1 Å². The highest BCUT2D eigenvalue weighted by molar-refractivity contribution is 6.04. The van der Waals surface area contributed by atoms with Crippen LogP contribution in [-0.4, -0.2) is 57.1 Å². The third kappa shape index (κ3) is 4.31. The lowest BCUT2D eigenvalue weighted by molar-refractivity contribution is -0.114. The summed E-state index contributed by atoms with van der Waals surface area (Å²) in [5.74, 6) is 0.185. The van der Waals surface area contributed by atoms with E-state index in [9.17, 15) is 14.4 Å². The highest BCUT2D eigenvalue weighted by Gasteiger charge is 2.34. The van der Waals surface area contributed by atoms with Gasteiger partial charge in [0, 0.05) is 49.5 Å². The minimum absolute atomic E-state index is 0.0571. The van der Waals surface area contributed by atoms with Crippen LogP contribution in [0.4, 0.5) is 10.6 Å². The zero-order chi connectivity index (χ0) is 23.7.